The maximum atomic E-state index is 12.8. The van der Waals surface area contributed by atoms with E-state index in [0.717, 1.165) is 109 Å². The Balaban J connectivity index is 4.56. The van der Waals surface area contributed by atoms with Crippen LogP contribution in [0.4, 0.5) is 0 Å². The van der Waals surface area contributed by atoms with Crippen LogP contribution in [0.3, 0.4) is 0 Å². The standard InChI is InChI=1S/C61H98O6/c1-4-7-10-13-16-19-22-25-28-29-30-31-34-36-39-42-45-48-51-54-60(63)66-57-58(67-61(64)55-52-49-46-43-40-37-33-27-24-21-18-15-12-9-6-3)56-65-59(62)53-50-47-44-41-38-35-32-26-23-20-17-14-11-8-5-2/h7,10,16-21,23-28,30-31,36,39,45,48,58H,4-6,8-9,11-15,22,29,32-35,37-38,40-44,46-47,49-57H2,1-3H3/b10-7-,19-16-,20-17-,21-18-,26-23-,27-24-,28-25-,31-30-,39-36-,48-45-. The molecule has 0 aliphatic carbocycles. The molecule has 0 amide bonds. The second kappa shape index (κ2) is 54.4. The van der Waals surface area contributed by atoms with Gasteiger partial charge in [0.2, 0.25) is 0 Å². The van der Waals surface area contributed by atoms with Crippen molar-refractivity contribution in [1.29, 1.82) is 0 Å². The minimum absolute atomic E-state index is 0.116. The molecule has 0 aromatic heterocycles. The van der Waals surface area contributed by atoms with Crippen molar-refractivity contribution in [3.05, 3.63) is 122 Å². The summed E-state index contributed by atoms with van der Waals surface area (Å²) in [6, 6.07) is 0. The normalized spacial score (nSPS) is 13.1. The zero-order chi connectivity index (χ0) is 48.6. The molecule has 0 aromatic carbocycles. The molecular weight excluding hydrogens is 829 g/mol. The Hall–Kier alpha value is -4.19. The molecular formula is C61H98O6. The lowest BCUT2D eigenvalue weighted by Crippen LogP contribution is -2.30. The highest BCUT2D eigenvalue weighted by Gasteiger charge is 2.19. The van der Waals surface area contributed by atoms with Crippen LogP contribution in [0, 0.1) is 0 Å². The molecule has 1 atom stereocenters. The summed E-state index contributed by atoms with van der Waals surface area (Å²) in [7, 11) is 0. The molecule has 6 heteroatoms. The third-order valence-electron chi connectivity index (χ3n) is 11.0. The maximum absolute atomic E-state index is 12.8. The third kappa shape index (κ3) is 52.6. The average Bonchev–Trinajstić information content (AvgIpc) is 3.33. The van der Waals surface area contributed by atoms with E-state index in [9.17, 15) is 14.4 Å². The Morgan fingerprint density at radius 2 is 0.657 bits per heavy atom. The van der Waals surface area contributed by atoms with E-state index in [0.29, 0.717) is 19.3 Å². The van der Waals surface area contributed by atoms with Gasteiger partial charge in [-0.2, -0.15) is 0 Å². The smallest absolute Gasteiger partial charge is 0.306 e. The SMILES string of the molecule is CC/C=C\C/C=C\C/C=C\C/C=C\C/C=C\C/C=C\CCC(=O)OCC(COC(=O)CCCCCCCC/C=C\C=C/CCCCC)OC(=O)CCCCCCCC/C=C\C=C/CCCCC. The lowest BCUT2D eigenvalue weighted by molar-refractivity contribution is -0.166. The van der Waals surface area contributed by atoms with Gasteiger partial charge in [-0.05, 0) is 109 Å². The van der Waals surface area contributed by atoms with E-state index in [-0.39, 0.29) is 37.5 Å². The zero-order valence-electron chi connectivity index (χ0n) is 43.1. The number of hydrogen-bond donors (Lipinski definition) is 0. The Kier molecular flexibility index (Phi) is 51.0. The molecule has 6 nitrogen and oxygen atoms in total. The summed E-state index contributed by atoms with van der Waals surface area (Å²) in [5.74, 6) is -1.03. The van der Waals surface area contributed by atoms with Gasteiger partial charge in [-0.1, -0.05) is 219 Å². The van der Waals surface area contributed by atoms with Gasteiger partial charge in [0.05, 0.1) is 0 Å². The number of allylic oxidation sites excluding steroid dienone is 20. The molecule has 378 valence electrons. The fourth-order valence-corrected chi connectivity index (χ4v) is 6.92. The molecule has 0 saturated carbocycles. The van der Waals surface area contributed by atoms with Gasteiger partial charge in [-0.25, -0.2) is 0 Å². The van der Waals surface area contributed by atoms with Crippen LogP contribution in [-0.4, -0.2) is 37.2 Å². The number of carbonyl (C=O) groups excluding carboxylic acids is 3. The van der Waals surface area contributed by atoms with Crippen molar-refractivity contribution in [3.8, 4) is 0 Å². The van der Waals surface area contributed by atoms with E-state index in [2.05, 4.69) is 130 Å². The minimum atomic E-state index is -0.823. The van der Waals surface area contributed by atoms with Crippen LogP contribution in [0.15, 0.2) is 122 Å². The molecule has 0 fully saturated rings. The van der Waals surface area contributed by atoms with Crippen LogP contribution in [0.2, 0.25) is 0 Å². The summed E-state index contributed by atoms with van der Waals surface area (Å²) in [6.45, 7) is 6.37. The number of carbonyl (C=O) groups is 3. The molecule has 67 heavy (non-hydrogen) atoms. The van der Waals surface area contributed by atoms with Crippen molar-refractivity contribution in [2.24, 2.45) is 0 Å². The molecule has 0 aliphatic rings. The zero-order valence-corrected chi connectivity index (χ0v) is 43.1. The van der Waals surface area contributed by atoms with Crippen molar-refractivity contribution >= 4 is 17.9 Å². The summed E-state index contributed by atoms with van der Waals surface area (Å²) in [5.41, 5.74) is 0. The Bertz CT molecular complexity index is 1440. The first-order chi connectivity index (χ1) is 33.0. The van der Waals surface area contributed by atoms with E-state index in [1.165, 1.54) is 70.6 Å². The van der Waals surface area contributed by atoms with Crippen LogP contribution in [-0.2, 0) is 28.6 Å². The molecule has 0 saturated heterocycles. The largest absolute Gasteiger partial charge is 0.462 e. The van der Waals surface area contributed by atoms with Crippen molar-refractivity contribution in [2.45, 2.75) is 232 Å². The predicted molar refractivity (Wildman–Crippen MR) is 288 cm³/mol. The first kappa shape index (κ1) is 62.8. The summed E-state index contributed by atoms with van der Waals surface area (Å²) in [4.78, 5) is 38.0. The fourth-order valence-electron chi connectivity index (χ4n) is 6.92. The Labute approximate surface area is 412 Å². The fraction of sp³-hybridized carbons (Fsp3) is 0.623. The highest BCUT2D eigenvalue weighted by molar-refractivity contribution is 5.71. The van der Waals surface area contributed by atoms with Crippen molar-refractivity contribution in [3.63, 3.8) is 0 Å². The Morgan fingerprint density at radius 3 is 1.06 bits per heavy atom. The summed E-state index contributed by atoms with van der Waals surface area (Å²) >= 11 is 0. The van der Waals surface area contributed by atoms with Crippen LogP contribution < -0.4 is 0 Å². The minimum Gasteiger partial charge on any atom is -0.462 e. The van der Waals surface area contributed by atoms with Gasteiger partial charge in [-0.15, -0.1) is 0 Å². The summed E-state index contributed by atoms with van der Waals surface area (Å²) in [5, 5.41) is 0. The molecule has 0 aromatic rings. The predicted octanol–water partition coefficient (Wildman–Crippen LogP) is 18.1. The number of esters is 3. The van der Waals surface area contributed by atoms with Crippen molar-refractivity contribution in [2.75, 3.05) is 13.2 Å². The summed E-state index contributed by atoms with van der Waals surface area (Å²) < 4.78 is 16.7. The van der Waals surface area contributed by atoms with Gasteiger partial charge < -0.3 is 14.2 Å². The number of unbranched alkanes of at least 4 members (excludes halogenated alkanes) is 18. The molecule has 0 radical (unpaired) electrons. The van der Waals surface area contributed by atoms with Crippen LogP contribution in [0.1, 0.15) is 226 Å². The van der Waals surface area contributed by atoms with Crippen LogP contribution in [0.25, 0.3) is 0 Å². The van der Waals surface area contributed by atoms with Gasteiger partial charge in [0, 0.05) is 19.3 Å². The van der Waals surface area contributed by atoms with E-state index in [1.54, 1.807) is 0 Å². The molecule has 0 heterocycles. The Morgan fingerprint density at radius 1 is 0.328 bits per heavy atom. The maximum Gasteiger partial charge on any atom is 0.306 e. The average molecular weight is 927 g/mol. The van der Waals surface area contributed by atoms with Gasteiger partial charge in [0.25, 0.3) is 0 Å². The van der Waals surface area contributed by atoms with E-state index in [1.807, 2.05) is 12.2 Å². The highest BCUT2D eigenvalue weighted by Crippen LogP contribution is 2.13. The lowest BCUT2D eigenvalue weighted by Gasteiger charge is -2.18. The van der Waals surface area contributed by atoms with Gasteiger partial charge in [0.1, 0.15) is 13.2 Å². The van der Waals surface area contributed by atoms with Gasteiger partial charge >= 0.3 is 17.9 Å². The van der Waals surface area contributed by atoms with Crippen molar-refractivity contribution < 1.29 is 28.6 Å². The van der Waals surface area contributed by atoms with Crippen molar-refractivity contribution in [1.82, 2.24) is 0 Å². The first-order valence-corrected chi connectivity index (χ1v) is 27.1. The van der Waals surface area contributed by atoms with E-state index < -0.39 is 6.10 Å². The lowest BCUT2D eigenvalue weighted by atomic mass is 10.1. The second-order valence-corrected chi connectivity index (χ2v) is 17.5. The molecule has 0 bridgehead atoms. The van der Waals surface area contributed by atoms with Crippen LogP contribution >= 0.6 is 0 Å². The van der Waals surface area contributed by atoms with Gasteiger partial charge in [0.15, 0.2) is 6.10 Å². The quantitative estimate of drug-likeness (QED) is 0.0199. The van der Waals surface area contributed by atoms with E-state index >= 15 is 0 Å². The second-order valence-electron chi connectivity index (χ2n) is 17.5. The van der Waals surface area contributed by atoms with E-state index in [4.69, 9.17) is 14.2 Å². The number of rotatable bonds is 47. The third-order valence-corrected chi connectivity index (χ3v) is 11.0. The monoisotopic (exact) mass is 927 g/mol. The number of hydrogen-bond acceptors (Lipinski definition) is 6. The topological polar surface area (TPSA) is 78.9 Å². The molecule has 0 spiro atoms. The van der Waals surface area contributed by atoms with Gasteiger partial charge in [-0.3, -0.25) is 14.4 Å². The first-order valence-electron chi connectivity index (χ1n) is 27.1. The summed E-state index contributed by atoms with van der Waals surface area (Å²) in [6.07, 6.45) is 74.7. The number of ether oxygens (including phenoxy) is 3. The molecule has 0 rings (SSSR count). The highest BCUT2D eigenvalue weighted by atomic mass is 16.6. The molecule has 1 unspecified atom stereocenters. The van der Waals surface area contributed by atoms with Crippen LogP contribution in [0.5, 0.6) is 0 Å². The molecule has 0 N–H and O–H groups in total. The molecule has 0 aliphatic heterocycles.